The number of carbonyl (C=O) groups is 1. The number of aromatic nitrogens is 2. The highest BCUT2D eigenvalue weighted by molar-refractivity contribution is 7.22. The van der Waals surface area contributed by atoms with Crippen molar-refractivity contribution in [2.24, 2.45) is 0 Å². The minimum Gasteiger partial charge on any atom is -0.343 e. The Labute approximate surface area is 164 Å². The Kier molecular flexibility index (Phi) is 5.05. The van der Waals surface area contributed by atoms with E-state index in [2.05, 4.69) is 20.4 Å². The van der Waals surface area contributed by atoms with Crippen LogP contribution in [0.5, 0.6) is 0 Å². The molecular weight excluding hydrogens is 390 g/mol. The van der Waals surface area contributed by atoms with Crippen LogP contribution in [0.4, 0.5) is 15.6 Å². The molecular formula is C17H16ClN5OS2. The van der Waals surface area contributed by atoms with Crippen molar-refractivity contribution in [2.45, 2.75) is 0 Å². The SMILES string of the molecule is O=C(Nc1cccc(Cl)c1)N1CCN(c2nnc(-c3cccs3)s2)CC1. The van der Waals surface area contributed by atoms with Gasteiger partial charge in [-0.15, -0.1) is 21.5 Å². The molecule has 0 spiro atoms. The fraction of sp³-hybridized carbons (Fsp3) is 0.235. The first kappa shape index (κ1) is 17.3. The van der Waals surface area contributed by atoms with Crippen LogP contribution in [0.15, 0.2) is 41.8 Å². The van der Waals surface area contributed by atoms with E-state index in [1.165, 1.54) is 0 Å². The zero-order chi connectivity index (χ0) is 17.9. The van der Waals surface area contributed by atoms with Crippen molar-refractivity contribution in [3.05, 3.63) is 46.8 Å². The summed E-state index contributed by atoms with van der Waals surface area (Å²) in [6.07, 6.45) is 0. The average Bonchev–Trinajstić information content (AvgIpc) is 3.33. The van der Waals surface area contributed by atoms with Gasteiger partial charge in [-0.25, -0.2) is 4.79 Å². The minimum atomic E-state index is -0.108. The molecule has 0 aliphatic carbocycles. The maximum Gasteiger partial charge on any atom is 0.321 e. The molecule has 1 aliphatic heterocycles. The third kappa shape index (κ3) is 3.82. The Morgan fingerprint density at radius 2 is 1.96 bits per heavy atom. The van der Waals surface area contributed by atoms with E-state index in [1.807, 2.05) is 29.6 Å². The van der Waals surface area contributed by atoms with Crippen LogP contribution >= 0.6 is 34.3 Å². The van der Waals surface area contributed by atoms with E-state index >= 15 is 0 Å². The van der Waals surface area contributed by atoms with Crippen molar-refractivity contribution in [2.75, 3.05) is 36.4 Å². The monoisotopic (exact) mass is 405 g/mol. The molecule has 0 saturated carbocycles. The van der Waals surface area contributed by atoms with Crippen LogP contribution in [0.25, 0.3) is 9.88 Å². The van der Waals surface area contributed by atoms with Crippen molar-refractivity contribution in [1.82, 2.24) is 15.1 Å². The number of amides is 2. The van der Waals surface area contributed by atoms with Crippen molar-refractivity contribution in [3.8, 4) is 9.88 Å². The number of rotatable bonds is 3. The lowest BCUT2D eigenvalue weighted by atomic mass is 10.3. The van der Waals surface area contributed by atoms with Gasteiger partial charge in [0.1, 0.15) is 0 Å². The second-order valence-corrected chi connectivity index (χ2v) is 8.12. The standard InChI is InChI=1S/C17H16ClN5OS2/c18-12-3-1-4-13(11-12)19-16(24)22-6-8-23(9-7-22)17-21-20-15(26-17)14-5-2-10-25-14/h1-5,10-11H,6-9H2,(H,19,24). The first-order valence-electron chi connectivity index (χ1n) is 8.13. The summed E-state index contributed by atoms with van der Waals surface area (Å²) in [6.45, 7) is 2.75. The van der Waals surface area contributed by atoms with Crippen molar-refractivity contribution in [1.29, 1.82) is 0 Å². The van der Waals surface area contributed by atoms with E-state index in [0.29, 0.717) is 23.8 Å². The van der Waals surface area contributed by atoms with Crippen LogP contribution in [0.1, 0.15) is 0 Å². The number of piperazine rings is 1. The molecule has 1 saturated heterocycles. The van der Waals surface area contributed by atoms with E-state index < -0.39 is 0 Å². The van der Waals surface area contributed by atoms with Crippen molar-refractivity contribution < 1.29 is 4.79 Å². The molecule has 0 atom stereocenters. The topological polar surface area (TPSA) is 61.4 Å². The molecule has 2 aromatic heterocycles. The van der Waals surface area contributed by atoms with Gasteiger partial charge in [-0.1, -0.05) is 35.1 Å². The number of anilines is 2. The van der Waals surface area contributed by atoms with Gasteiger partial charge in [0.05, 0.1) is 4.88 Å². The second kappa shape index (κ2) is 7.61. The van der Waals surface area contributed by atoms with Crippen molar-refractivity contribution in [3.63, 3.8) is 0 Å². The van der Waals surface area contributed by atoms with Gasteiger partial charge in [0.2, 0.25) is 5.13 Å². The van der Waals surface area contributed by atoms with Gasteiger partial charge in [0.25, 0.3) is 0 Å². The predicted octanol–water partition coefficient (Wildman–Crippen LogP) is 4.27. The van der Waals surface area contributed by atoms with Gasteiger partial charge in [0.15, 0.2) is 5.01 Å². The smallest absolute Gasteiger partial charge is 0.321 e. The van der Waals surface area contributed by atoms with Crippen LogP contribution in [0.3, 0.4) is 0 Å². The highest BCUT2D eigenvalue weighted by Gasteiger charge is 2.23. The Morgan fingerprint density at radius 1 is 1.12 bits per heavy atom. The van der Waals surface area contributed by atoms with E-state index in [1.54, 1.807) is 39.7 Å². The van der Waals surface area contributed by atoms with E-state index in [-0.39, 0.29) is 6.03 Å². The number of hydrogen-bond acceptors (Lipinski definition) is 6. The van der Waals surface area contributed by atoms with Gasteiger partial charge < -0.3 is 15.1 Å². The molecule has 26 heavy (non-hydrogen) atoms. The fourth-order valence-electron chi connectivity index (χ4n) is 2.71. The molecule has 0 bridgehead atoms. The number of urea groups is 1. The summed E-state index contributed by atoms with van der Waals surface area (Å²) < 4.78 is 0. The molecule has 6 nitrogen and oxygen atoms in total. The van der Waals surface area contributed by atoms with Gasteiger partial charge in [-0.2, -0.15) is 0 Å². The molecule has 134 valence electrons. The lowest BCUT2D eigenvalue weighted by molar-refractivity contribution is 0.208. The second-order valence-electron chi connectivity index (χ2n) is 5.78. The molecule has 9 heteroatoms. The molecule has 1 N–H and O–H groups in total. The lowest BCUT2D eigenvalue weighted by Crippen LogP contribution is -2.50. The Hall–Kier alpha value is -2.16. The minimum absolute atomic E-state index is 0.108. The maximum absolute atomic E-state index is 12.4. The summed E-state index contributed by atoms with van der Waals surface area (Å²) in [5.41, 5.74) is 0.703. The molecule has 1 aliphatic rings. The fourth-order valence-corrected chi connectivity index (χ4v) is 4.59. The summed E-state index contributed by atoms with van der Waals surface area (Å²) in [5, 5.41) is 16.0. The molecule has 2 amide bonds. The van der Waals surface area contributed by atoms with Crippen LogP contribution in [-0.2, 0) is 0 Å². The molecule has 1 aromatic carbocycles. The molecule has 0 radical (unpaired) electrons. The molecule has 3 aromatic rings. The zero-order valence-electron chi connectivity index (χ0n) is 13.8. The van der Waals surface area contributed by atoms with Gasteiger partial charge >= 0.3 is 6.03 Å². The van der Waals surface area contributed by atoms with E-state index in [4.69, 9.17) is 11.6 Å². The normalized spacial score (nSPS) is 14.5. The number of nitrogens with zero attached hydrogens (tertiary/aromatic N) is 4. The summed E-state index contributed by atoms with van der Waals surface area (Å²) in [7, 11) is 0. The molecule has 0 unspecified atom stereocenters. The summed E-state index contributed by atoms with van der Waals surface area (Å²) in [4.78, 5) is 17.5. The largest absolute Gasteiger partial charge is 0.343 e. The van der Waals surface area contributed by atoms with E-state index in [9.17, 15) is 4.79 Å². The van der Waals surface area contributed by atoms with Crippen LogP contribution in [-0.4, -0.2) is 47.3 Å². The highest BCUT2D eigenvalue weighted by atomic mass is 35.5. The third-order valence-electron chi connectivity index (χ3n) is 4.06. The third-order valence-corrected chi connectivity index (χ3v) is 6.32. The van der Waals surface area contributed by atoms with Gasteiger partial charge in [-0.05, 0) is 29.6 Å². The van der Waals surface area contributed by atoms with E-state index in [0.717, 1.165) is 28.1 Å². The highest BCUT2D eigenvalue weighted by Crippen LogP contribution is 2.31. The number of hydrogen-bond donors (Lipinski definition) is 1. The molecule has 4 rings (SSSR count). The van der Waals surface area contributed by atoms with Crippen molar-refractivity contribution >= 4 is 51.1 Å². The lowest BCUT2D eigenvalue weighted by Gasteiger charge is -2.34. The summed E-state index contributed by atoms with van der Waals surface area (Å²) in [5.74, 6) is 0. The number of thiophene rings is 1. The van der Waals surface area contributed by atoms with Gasteiger partial charge in [-0.3, -0.25) is 0 Å². The predicted molar refractivity (Wildman–Crippen MR) is 107 cm³/mol. The average molecular weight is 406 g/mol. The number of carbonyl (C=O) groups excluding carboxylic acids is 1. The molecule has 3 heterocycles. The Balaban J connectivity index is 1.34. The number of benzene rings is 1. The first-order valence-corrected chi connectivity index (χ1v) is 10.2. The number of halogens is 1. The Morgan fingerprint density at radius 3 is 2.69 bits per heavy atom. The van der Waals surface area contributed by atoms with Crippen LogP contribution in [0, 0.1) is 0 Å². The number of nitrogens with one attached hydrogen (secondary N) is 1. The maximum atomic E-state index is 12.4. The summed E-state index contributed by atoms with van der Waals surface area (Å²) in [6, 6.07) is 11.1. The van der Waals surface area contributed by atoms with Crippen LogP contribution in [0.2, 0.25) is 5.02 Å². The zero-order valence-corrected chi connectivity index (χ0v) is 16.2. The molecule has 1 fully saturated rings. The quantitative estimate of drug-likeness (QED) is 0.706. The van der Waals surface area contributed by atoms with Gasteiger partial charge in [0, 0.05) is 36.9 Å². The summed E-state index contributed by atoms with van der Waals surface area (Å²) >= 11 is 9.21. The van der Waals surface area contributed by atoms with Crippen LogP contribution < -0.4 is 10.2 Å². The Bertz CT molecular complexity index is 890. The first-order chi connectivity index (χ1) is 12.7.